The fraction of sp³-hybridized carbons (Fsp3) is 0.778. The monoisotopic (exact) mass is 248 g/mol. The Morgan fingerprint density at radius 3 is 1.94 bits per heavy atom. The van der Waals surface area contributed by atoms with E-state index in [9.17, 15) is 0 Å². The van der Waals surface area contributed by atoms with Crippen molar-refractivity contribution >= 4 is 0 Å². The Labute approximate surface area is 115 Å². The van der Waals surface area contributed by atoms with Crippen LogP contribution in [0.1, 0.15) is 74.1 Å². The maximum Gasteiger partial charge on any atom is -0.0116 e. The maximum absolute atomic E-state index is 2.44. The van der Waals surface area contributed by atoms with Gasteiger partial charge in [0.05, 0.1) is 0 Å². The zero-order valence-corrected chi connectivity index (χ0v) is 13.6. The lowest BCUT2D eigenvalue weighted by Gasteiger charge is -2.39. The third-order valence-corrected chi connectivity index (χ3v) is 5.53. The fourth-order valence-corrected chi connectivity index (χ4v) is 3.05. The standard InChI is InChI=1S/C18H32/c1-8-17(5,6)15-11-12-16(14(4)13-15)18(7,9-2)10-3/h11-12,14H,8-10,13H2,1-7H3. The van der Waals surface area contributed by atoms with E-state index in [0.717, 1.165) is 0 Å². The van der Waals surface area contributed by atoms with Gasteiger partial charge in [-0.2, -0.15) is 0 Å². The van der Waals surface area contributed by atoms with Crippen LogP contribution in [0, 0.1) is 16.7 Å². The van der Waals surface area contributed by atoms with Gasteiger partial charge in [0.1, 0.15) is 0 Å². The van der Waals surface area contributed by atoms with Gasteiger partial charge in [-0.1, -0.05) is 71.8 Å². The van der Waals surface area contributed by atoms with Crippen molar-refractivity contribution in [1.82, 2.24) is 0 Å². The summed E-state index contributed by atoms with van der Waals surface area (Å²) in [6, 6.07) is 0. The van der Waals surface area contributed by atoms with Crippen LogP contribution < -0.4 is 0 Å². The number of hydrogen-bond donors (Lipinski definition) is 0. The zero-order chi connectivity index (χ0) is 14.0. The predicted octanol–water partition coefficient (Wildman–Crippen LogP) is 6.14. The minimum atomic E-state index is 0.366. The first kappa shape index (κ1) is 15.5. The van der Waals surface area contributed by atoms with Crippen LogP contribution in [-0.4, -0.2) is 0 Å². The highest BCUT2D eigenvalue weighted by Gasteiger charge is 2.32. The molecule has 0 heteroatoms. The minimum Gasteiger partial charge on any atom is -0.0646 e. The van der Waals surface area contributed by atoms with Gasteiger partial charge in [0.15, 0.2) is 0 Å². The van der Waals surface area contributed by atoms with Gasteiger partial charge in [0.2, 0.25) is 0 Å². The molecule has 0 radical (unpaired) electrons. The number of hydrogen-bond acceptors (Lipinski definition) is 0. The summed E-state index contributed by atoms with van der Waals surface area (Å²) < 4.78 is 0. The molecule has 0 spiro atoms. The van der Waals surface area contributed by atoms with E-state index in [2.05, 4.69) is 60.6 Å². The van der Waals surface area contributed by atoms with Crippen LogP contribution in [0.25, 0.3) is 0 Å². The summed E-state index contributed by atoms with van der Waals surface area (Å²) >= 11 is 0. The molecule has 0 aromatic carbocycles. The molecule has 0 N–H and O–H groups in total. The first-order valence-corrected chi connectivity index (χ1v) is 7.72. The lowest BCUT2D eigenvalue weighted by molar-refractivity contribution is 0.315. The Morgan fingerprint density at radius 2 is 1.56 bits per heavy atom. The molecule has 0 bridgehead atoms. The van der Waals surface area contributed by atoms with Crippen LogP contribution in [0.2, 0.25) is 0 Å². The van der Waals surface area contributed by atoms with Crippen molar-refractivity contribution in [3.05, 3.63) is 23.3 Å². The summed E-state index contributed by atoms with van der Waals surface area (Å²) in [6.07, 6.45) is 9.84. The number of rotatable bonds is 5. The molecule has 0 aromatic rings. The largest absolute Gasteiger partial charge is 0.0646 e. The molecule has 1 aliphatic rings. The van der Waals surface area contributed by atoms with Crippen LogP contribution >= 0.6 is 0 Å². The Balaban J connectivity index is 3.06. The lowest BCUT2D eigenvalue weighted by atomic mass is 9.66. The van der Waals surface area contributed by atoms with Crippen LogP contribution in [-0.2, 0) is 0 Å². The summed E-state index contributed by atoms with van der Waals surface area (Å²) in [7, 11) is 0. The molecule has 0 saturated carbocycles. The molecule has 0 saturated heterocycles. The highest BCUT2D eigenvalue weighted by Crippen LogP contribution is 2.45. The Morgan fingerprint density at radius 1 is 1.00 bits per heavy atom. The van der Waals surface area contributed by atoms with Crippen molar-refractivity contribution in [2.24, 2.45) is 16.7 Å². The van der Waals surface area contributed by atoms with Crippen LogP contribution in [0.15, 0.2) is 23.3 Å². The molecule has 0 aliphatic heterocycles. The summed E-state index contributed by atoms with van der Waals surface area (Å²) in [4.78, 5) is 0. The fourth-order valence-electron chi connectivity index (χ4n) is 3.05. The summed E-state index contributed by atoms with van der Waals surface area (Å²) in [5.74, 6) is 0.709. The third kappa shape index (κ3) is 2.90. The quantitative estimate of drug-likeness (QED) is 0.548. The maximum atomic E-state index is 2.44. The van der Waals surface area contributed by atoms with E-state index in [1.54, 1.807) is 11.1 Å². The Hall–Kier alpha value is -0.520. The van der Waals surface area contributed by atoms with Gasteiger partial charge in [-0.15, -0.1) is 0 Å². The van der Waals surface area contributed by atoms with Gasteiger partial charge in [-0.3, -0.25) is 0 Å². The highest BCUT2D eigenvalue weighted by atomic mass is 14.4. The van der Waals surface area contributed by atoms with E-state index in [4.69, 9.17) is 0 Å². The molecular formula is C18H32. The normalized spacial score (nSPS) is 21.6. The second-order valence-corrected chi connectivity index (χ2v) is 6.92. The van der Waals surface area contributed by atoms with Crippen molar-refractivity contribution in [1.29, 1.82) is 0 Å². The van der Waals surface area contributed by atoms with Gasteiger partial charge >= 0.3 is 0 Å². The molecule has 1 atom stereocenters. The first-order chi connectivity index (χ1) is 8.30. The molecule has 104 valence electrons. The molecule has 18 heavy (non-hydrogen) atoms. The molecule has 0 aromatic heterocycles. The second-order valence-electron chi connectivity index (χ2n) is 6.92. The van der Waals surface area contributed by atoms with Crippen molar-refractivity contribution in [2.75, 3.05) is 0 Å². The molecule has 0 nitrogen and oxygen atoms in total. The lowest BCUT2D eigenvalue weighted by Crippen LogP contribution is -2.26. The van der Waals surface area contributed by atoms with E-state index in [1.807, 2.05) is 0 Å². The summed E-state index contributed by atoms with van der Waals surface area (Å²) in [5, 5.41) is 0. The smallest absolute Gasteiger partial charge is 0.0116 e. The SMILES string of the molecule is CCC(C)(C)C1=CC=C(C(C)(CC)CC)C(C)C1. The van der Waals surface area contributed by atoms with Crippen LogP contribution in [0.4, 0.5) is 0 Å². The molecule has 0 fully saturated rings. The van der Waals surface area contributed by atoms with Crippen molar-refractivity contribution in [3.63, 3.8) is 0 Å². The molecule has 1 unspecified atom stereocenters. The molecule has 1 rings (SSSR count). The van der Waals surface area contributed by atoms with E-state index < -0.39 is 0 Å². The van der Waals surface area contributed by atoms with Crippen molar-refractivity contribution in [3.8, 4) is 0 Å². The van der Waals surface area contributed by atoms with E-state index >= 15 is 0 Å². The van der Waals surface area contributed by atoms with Crippen LogP contribution in [0.5, 0.6) is 0 Å². The van der Waals surface area contributed by atoms with E-state index in [-0.39, 0.29) is 0 Å². The molecule has 0 heterocycles. The van der Waals surface area contributed by atoms with Gasteiger partial charge in [-0.25, -0.2) is 0 Å². The van der Waals surface area contributed by atoms with Crippen molar-refractivity contribution < 1.29 is 0 Å². The third-order valence-electron chi connectivity index (χ3n) is 5.53. The minimum absolute atomic E-state index is 0.366. The molecule has 1 aliphatic carbocycles. The summed E-state index contributed by atoms with van der Waals surface area (Å²) in [6.45, 7) is 16.5. The predicted molar refractivity (Wildman–Crippen MR) is 82.7 cm³/mol. The Kier molecular flexibility index (Phi) is 4.86. The second kappa shape index (κ2) is 5.63. The summed E-state index contributed by atoms with van der Waals surface area (Å²) in [5.41, 5.74) is 4.07. The first-order valence-electron chi connectivity index (χ1n) is 7.72. The van der Waals surface area contributed by atoms with E-state index in [1.165, 1.54) is 25.7 Å². The highest BCUT2D eigenvalue weighted by molar-refractivity contribution is 5.32. The number of allylic oxidation sites excluding steroid dienone is 4. The van der Waals surface area contributed by atoms with Crippen LogP contribution in [0.3, 0.4) is 0 Å². The van der Waals surface area contributed by atoms with Gasteiger partial charge in [0, 0.05) is 0 Å². The average Bonchev–Trinajstić information content (AvgIpc) is 2.37. The van der Waals surface area contributed by atoms with Gasteiger partial charge < -0.3 is 0 Å². The average molecular weight is 248 g/mol. The topological polar surface area (TPSA) is 0 Å². The zero-order valence-electron chi connectivity index (χ0n) is 13.6. The van der Waals surface area contributed by atoms with Gasteiger partial charge in [-0.05, 0) is 42.4 Å². The van der Waals surface area contributed by atoms with E-state index in [0.29, 0.717) is 16.7 Å². The van der Waals surface area contributed by atoms with Crippen molar-refractivity contribution in [2.45, 2.75) is 74.1 Å². The van der Waals surface area contributed by atoms with Gasteiger partial charge in [0.25, 0.3) is 0 Å². The molecule has 0 amide bonds. The Bertz CT molecular complexity index is 337. The molecular weight excluding hydrogens is 216 g/mol.